The van der Waals surface area contributed by atoms with Crippen molar-refractivity contribution in [2.45, 2.75) is 12.7 Å². The Morgan fingerprint density at radius 2 is 1.93 bits per heavy atom. The molecule has 1 unspecified atom stereocenters. The van der Waals surface area contributed by atoms with E-state index in [0.717, 1.165) is 5.56 Å². The third kappa shape index (κ3) is 5.32. The fraction of sp³-hybridized carbons (Fsp3) is 0.286. The Morgan fingerprint density at radius 1 is 1.18 bits per heavy atom. The Morgan fingerprint density at radius 3 is 2.64 bits per heavy atom. The summed E-state index contributed by atoms with van der Waals surface area (Å²) in [5, 5.41) is 11.6. The van der Waals surface area contributed by atoms with Gasteiger partial charge in [-0.05, 0) is 29.8 Å². The lowest BCUT2D eigenvalue weighted by Gasteiger charge is -2.32. The molecule has 1 fully saturated rings. The van der Waals surface area contributed by atoms with Crippen LogP contribution >= 0.6 is 0 Å². The molecule has 1 aliphatic rings. The average Bonchev–Trinajstić information content (AvgIpc) is 2.76. The molecular weight excluding hydrogens is 358 g/mol. The highest BCUT2D eigenvalue weighted by Gasteiger charge is 2.25. The molecule has 0 aliphatic carbocycles. The predicted octanol–water partition coefficient (Wildman–Crippen LogP) is 2.33. The van der Waals surface area contributed by atoms with Gasteiger partial charge in [0.05, 0.1) is 30.9 Å². The number of carbonyl (C=O) groups excluding carboxylic acids is 2. The summed E-state index contributed by atoms with van der Waals surface area (Å²) in [6.07, 6.45) is -0.698. The maximum absolute atomic E-state index is 12.3. The third-order valence-corrected chi connectivity index (χ3v) is 4.37. The number of morpholine rings is 1. The molecule has 2 amide bonds. The first-order valence-electron chi connectivity index (χ1n) is 9.01. The smallest absolute Gasteiger partial charge is 0.410 e. The van der Waals surface area contributed by atoms with Gasteiger partial charge in [-0.1, -0.05) is 30.3 Å². The standard InChI is InChI=1S/C21H21N3O4/c22-12-16-6-8-18(9-7-16)20(25)23-13-19-14-24(10-11-27-19)21(26)28-15-17-4-2-1-3-5-17/h1-9,19H,10-11,13-15H2,(H,23,25). The van der Waals surface area contributed by atoms with Crippen LogP contribution in [0.5, 0.6) is 0 Å². The summed E-state index contributed by atoms with van der Waals surface area (Å²) in [6, 6.07) is 17.9. The Bertz CT molecular complexity index is 846. The zero-order valence-electron chi connectivity index (χ0n) is 15.3. The molecule has 1 aliphatic heterocycles. The molecular formula is C21H21N3O4. The summed E-state index contributed by atoms with van der Waals surface area (Å²) in [4.78, 5) is 26.1. The molecule has 0 aromatic heterocycles. The van der Waals surface area contributed by atoms with E-state index in [1.165, 1.54) is 0 Å². The van der Waals surface area contributed by atoms with Crippen LogP contribution in [0.25, 0.3) is 0 Å². The number of nitriles is 1. The number of rotatable bonds is 5. The maximum Gasteiger partial charge on any atom is 0.410 e. The molecule has 1 atom stereocenters. The van der Waals surface area contributed by atoms with E-state index in [1.807, 2.05) is 36.4 Å². The van der Waals surface area contributed by atoms with Crippen molar-refractivity contribution in [3.8, 4) is 6.07 Å². The van der Waals surface area contributed by atoms with Crippen LogP contribution in [0.1, 0.15) is 21.5 Å². The fourth-order valence-corrected chi connectivity index (χ4v) is 2.82. The van der Waals surface area contributed by atoms with Crippen molar-refractivity contribution < 1.29 is 19.1 Å². The lowest BCUT2D eigenvalue weighted by molar-refractivity contribution is -0.0263. The van der Waals surface area contributed by atoms with Crippen molar-refractivity contribution >= 4 is 12.0 Å². The van der Waals surface area contributed by atoms with Crippen LogP contribution in [0, 0.1) is 11.3 Å². The molecule has 1 heterocycles. The topological polar surface area (TPSA) is 91.7 Å². The average molecular weight is 379 g/mol. The van der Waals surface area contributed by atoms with Crippen LogP contribution < -0.4 is 5.32 Å². The van der Waals surface area contributed by atoms with Crippen molar-refractivity contribution in [3.63, 3.8) is 0 Å². The van der Waals surface area contributed by atoms with Gasteiger partial charge in [-0.25, -0.2) is 4.79 Å². The van der Waals surface area contributed by atoms with Gasteiger partial charge in [0.1, 0.15) is 6.61 Å². The Balaban J connectivity index is 1.45. The first-order chi connectivity index (χ1) is 13.7. The summed E-state index contributed by atoms with van der Waals surface area (Å²) in [5.41, 5.74) is 1.89. The van der Waals surface area contributed by atoms with E-state index in [4.69, 9.17) is 14.7 Å². The lowest BCUT2D eigenvalue weighted by Crippen LogP contribution is -2.49. The van der Waals surface area contributed by atoms with Gasteiger partial charge in [0.15, 0.2) is 0 Å². The number of hydrogen-bond donors (Lipinski definition) is 1. The zero-order valence-corrected chi connectivity index (χ0v) is 15.3. The first kappa shape index (κ1) is 19.4. The van der Waals surface area contributed by atoms with E-state index in [2.05, 4.69) is 5.32 Å². The minimum atomic E-state index is -0.393. The van der Waals surface area contributed by atoms with E-state index < -0.39 is 6.09 Å². The highest BCUT2D eigenvalue weighted by molar-refractivity contribution is 5.94. The van der Waals surface area contributed by atoms with Crippen molar-refractivity contribution in [1.82, 2.24) is 10.2 Å². The normalized spacial score (nSPS) is 16.1. The molecule has 144 valence electrons. The maximum atomic E-state index is 12.3. The molecule has 7 nitrogen and oxygen atoms in total. The third-order valence-electron chi connectivity index (χ3n) is 4.37. The number of nitrogens with one attached hydrogen (secondary N) is 1. The summed E-state index contributed by atoms with van der Waals surface area (Å²) < 4.78 is 11.0. The summed E-state index contributed by atoms with van der Waals surface area (Å²) in [6.45, 7) is 1.69. The lowest BCUT2D eigenvalue weighted by atomic mass is 10.1. The number of hydrogen-bond acceptors (Lipinski definition) is 5. The summed E-state index contributed by atoms with van der Waals surface area (Å²) in [5.74, 6) is -0.253. The van der Waals surface area contributed by atoms with E-state index in [0.29, 0.717) is 30.8 Å². The molecule has 0 bridgehead atoms. The molecule has 0 saturated carbocycles. The molecule has 1 saturated heterocycles. The molecule has 2 aromatic rings. The van der Waals surface area contributed by atoms with Gasteiger partial charge in [0.2, 0.25) is 0 Å². The van der Waals surface area contributed by atoms with Crippen LogP contribution in [-0.2, 0) is 16.1 Å². The molecule has 28 heavy (non-hydrogen) atoms. The zero-order chi connectivity index (χ0) is 19.8. The molecule has 1 N–H and O–H groups in total. The Labute approximate surface area is 163 Å². The monoisotopic (exact) mass is 379 g/mol. The van der Waals surface area contributed by atoms with Crippen molar-refractivity contribution in [2.75, 3.05) is 26.2 Å². The van der Waals surface area contributed by atoms with Crippen LogP contribution in [0.15, 0.2) is 54.6 Å². The first-order valence-corrected chi connectivity index (χ1v) is 9.01. The van der Waals surface area contributed by atoms with Gasteiger partial charge in [-0.3, -0.25) is 4.79 Å². The molecule has 7 heteroatoms. The van der Waals surface area contributed by atoms with Gasteiger partial charge in [0, 0.05) is 18.7 Å². The quantitative estimate of drug-likeness (QED) is 0.861. The van der Waals surface area contributed by atoms with Gasteiger partial charge >= 0.3 is 6.09 Å². The second kappa shape index (κ2) is 9.53. The highest BCUT2D eigenvalue weighted by atomic mass is 16.6. The van der Waals surface area contributed by atoms with Crippen LogP contribution in [0.2, 0.25) is 0 Å². The van der Waals surface area contributed by atoms with Crippen molar-refractivity contribution in [3.05, 3.63) is 71.3 Å². The molecule has 0 spiro atoms. The molecule has 3 rings (SSSR count). The Kier molecular flexibility index (Phi) is 6.60. The minimum absolute atomic E-state index is 0.219. The van der Waals surface area contributed by atoms with Gasteiger partial charge in [0.25, 0.3) is 5.91 Å². The van der Waals surface area contributed by atoms with Gasteiger partial charge < -0.3 is 19.7 Å². The number of nitrogens with zero attached hydrogens (tertiary/aromatic N) is 2. The van der Waals surface area contributed by atoms with Gasteiger partial charge in [-0.2, -0.15) is 5.26 Å². The predicted molar refractivity (Wildman–Crippen MR) is 101 cm³/mol. The van der Waals surface area contributed by atoms with E-state index in [9.17, 15) is 9.59 Å². The number of carbonyl (C=O) groups is 2. The highest BCUT2D eigenvalue weighted by Crippen LogP contribution is 2.09. The Hall–Kier alpha value is -3.37. The van der Waals surface area contributed by atoms with Crippen molar-refractivity contribution in [1.29, 1.82) is 5.26 Å². The molecule has 2 aromatic carbocycles. The van der Waals surface area contributed by atoms with E-state index in [1.54, 1.807) is 29.2 Å². The number of ether oxygens (including phenoxy) is 2. The molecule has 0 radical (unpaired) electrons. The fourth-order valence-electron chi connectivity index (χ4n) is 2.82. The summed E-state index contributed by atoms with van der Waals surface area (Å²) >= 11 is 0. The number of amides is 2. The van der Waals surface area contributed by atoms with E-state index in [-0.39, 0.29) is 25.2 Å². The van der Waals surface area contributed by atoms with Gasteiger partial charge in [-0.15, -0.1) is 0 Å². The largest absolute Gasteiger partial charge is 0.445 e. The van der Waals surface area contributed by atoms with Crippen LogP contribution in [0.3, 0.4) is 0 Å². The number of benzene rings is 2. The van der Waals surface area contributed by atoms with Crippen LogP contribution in [-0.4, -0.2) is 49.2 Å². The van der Waals surface area contributed by atoms with E-state index >= 15 is 0 Å². The minimum Gasteiger partial charge on any atom is -0.445 e. The second-order valence-electron chi connectivity index (χ2n) is 6.38. The van der Waals surface area contributed by atoms with Crippen molar-refractivity contribution in [2.24, 2.45) is 0 Å². The summed E-state index contributed by atoms with van der Waals surface area (Å²) in [7, 11) is 0. The van der Waals surface area contributed by atoms with Crippen LogP contribution in [0.4, 0.5) is 4.79 Å². The SMILES string of the molecule is N#Cc1ccc(C(=O)NCC2CN(C(=O)OCc3ccccc3)CCO2)cc1. The second-order valence-corrected chi connectivity index (χ2v) is 6.38.